The molecule has 5 rings (SSSR count). The van der Waals surface area contributed by atoms with Gasteiger partial charge >= 0.3 is 0 Å². The molecule has 2 aromatic carbocycles. The standard InChI is InChI=1S/C24H28N4O2/c1-27-15-19-6-4-3-5-17(19)11-21(27)14-25-13-20-16-28(2)26-24(20)18-7-8-22-23(12-18)30-10-9-29-22/h3-8,12,16,21,25H,9-11,13-15H2,1-2H3/t21-/m0/s1. The number of aryl methyl sites for hydroxylation is 1. The molecule has 0 bridgehead atoms. The van der Waals surface area contributed by atoms with E-state index in [-0.39, 0.29) is 0 Å². The Morgan fingerprint density at radius 3 is 2.70 bits per heavy atom. The normalized spacial score (nSPS) is 18.3. The second-order valence-corrected chi connectivity index (χ2v) is 8.21. The first-order valence-electron chi connectivity index (χ1n) is 10.6. The molecular formula is C24H28N4O2. The first kappa shape index (κ1) is 19.2. The molecule has 0 spiro atoms. The topological polar surface area (TPSA) is 51.6 Å². The average Bonchev–Trinajstić information content (AvgIpc) is 3.14. The Bertz CT molecular complexity index is 1050. The summed E-state index contributed by atoms with van der Waals surface area (Å²) in [4.78, 5) is 2.44. The third-order valence-corrected chi connectivity index (χ3v) is 6.03. The van der Waals surface area contributed by atoms with Gasteiger partial charge < -0.3 is 14.8 Å². The summed E-state index contributed by atoms with van der Waals surface area (Å²) in [6.07, 6.45) is 3.18. The van der Waals surface area contributed by atoms with Crippen molar-refractivity contribution in [3.05, 3.63) is 65.4 Å². The van der Waals surface area contributed by atoms with Gasteiger partial charge in [-0.15, -0.1) is 0 Å². The molecule has 0 aliphatic carbocycles. The second kappa shape index (κ2) is 8.13. The molecule has 1 atom stereocenters. The minimum atomic E-state index is 0.495. The van der Waals surface area contributed by atoms with Crippen LogP contribution in [0.3, 0.4) is 0 Å². The maximum atomic E-state index is 5.75. The van der Waals surface area contributed by atoms with Crippen LogP contribution >= 0.6 is 0 Å². The number of fused-ring (bicyclic) bond motifs is 2. The third-order valence-electron chi connectivity index (χ3n) is 6.03. The largest absolute Gasteiger partial charge is 0.486 e. The fourth-order valence-corrected chi connectivity index (χ4v) is 4.42. The van der Waals surface area contributed by atoms with Crippen molar-refractivity contribution in [2.45, 2.75) is 25.6 Å². The summed E-state index contributed by atoms with van der Waals surface area (Å²) in [5.74, 6) is 1.60. The number of benzene rings is 2. The molecule has 2 aliphatic heterocycles. The van der Waals surface area contributed by atoms with Crippen molar-refractivity contribution in [1.29, 1.82) is 0 Å². The van der Waals surface area contributed by atoms with Crippen LogP contribution in [-0.2, 0) is 26.6 Å². The number of nitrogens with zero attached hydrogens (tertiary/aromatic N) is 3. The maximum Gasteiger partial charge on any atom is 0.162 e. The molecular weight excluding hydrogens is 376 g/mol. The van der Waals surface area contributed by atoms with E-state index < -0.39 is 0 Å². The number of rotatable bonds is 5. The monoisotopic (exact) mass is 404 g/mol. The van der Waals surface area contributed by atoms with Gasteiger partial charge in [0.1, 0.15) is 13.2 Å². The van der Waals surface area contributed by atoms with Crippen LogP contribution in [0.15, 0.2) is 48.7 Å². The number of likely N-dealkylation sites (N-methyl/N-ethyl adjacent to an activating group) is 1. The van der Waals surface area contributed by atoms with Crippen molar-refractivity contribution < 1.29 is 9.47 Å². The molecule has 0 fully saturated rings. The zero-order valence-corrected chi connectivity index (χ0v) is 17.6. The Morgan fingerprint density at radius 1 is 1.03 bits per heavy atom. The van der Waals surface area contributed by atoms with E-state index in [0.29, 0.717) is 19.3 Å². The number of hydrogen-bond acceptors (Lipinski definition) is 5. The molecule has 30 heavy (non-hydrogen) atoms. The van der Waals surface area contributed by atoms with Crippen molar-refractivity contribution in [2.24, 2.45) is 7.05 Å². The summed E-state index contributed by atoms with van der Waals surface area (Å²) in [7, 11) is 4.18. The molecule has 0 radical (unpaired) electrons. The van der Waals surface area contributed by atoms with E-state index >= 15 is 0 Å². The van der Waals surface area contributed by atoms with Crippen LogP contribution < -0.4 is 14.8 Å². The highest BCUT2D eigenvalue weighted by molar-refractivity contribution is 5.66. The Hall–Kier alpha value is -2.83. The molecule has 3 aromatic rings. The lowest BCUT2D eigenvalue weighted by Crippen LogP contribution is -2.44. The number of aromatic nitrogens is 2. The van der Waals surface area contributed by atoms with Gasteiger partial charge in [0.15, 0.2) is 11.5 Å². The molecule has 2 aliphatic rings. The van der Waals surface area contributed by atoms with Crippen LogP contribution in [-0.4, -0.2) is 47.5 Å². The maximum absolute atomic E-state index is 5.75. The number of nitrogens with one attached hydrogen (secondary N) is 1. The molecule has 156 valence electrons. The summed E-state index contributed by atoms with van der Waals surface area (Å²) in [6, 6.07) is 15.3. The minimum Gasteiger partial charge on any atom is -0.486 e. The van der Waals surface area contributed by atoms with Crippen LogP contribution in [0.2, 0.25) is 0 Å². The van der Waals surface area contributed by atoms with E-state index in [2.05, 4.69) is 53.8 Å². The molecule has 6 nitrogen and oxygen atoms in total. The Balaban J connectivity index is 1.28. The summed E-state index contributed by atoms with van der Waals surface area (Å²) in [5, 5.41) is 8.38. The van der Waals surface area contributed by atoms with Crippen LogP contribution in [0.25, 0.3) is 11.3 Å². The zero-order valence-electron chi connectivity index (χ0n) is 17.6. The van der Waals surface area contributed by atoms with Gasteiger partial charge in [-0.3, -0.25) is 9.58 Å². The third kappa shape index (κ3) is 3.80. The lowest BCUT2D eigenvalue weighted by Gasteiger charge is -2.34. The van der Waals surface area contributed by atoms with Gasteiger partial charge in [0.05, 0.1) is 5.69 Å². The van der Waals surface area contributed by atoms with Crippen LogP contribution in [0, 0.1) is 0 Å². The highest BCUT2D eigenvalue weighted by atomic mass is 16.6. The van der Waals surface area contributed by atoms with Crippen LogP contribution in [0.5, 0.6) is 11.5 Å². The van der Waals surface area contributed by atoms with Gasteiger partial charge in [-0.2, -0.15) is 5.10 Å². The van der Waals surface area contributed by atoms with Crippen molar-refractivity contribution in [2.75, 3.05) is 26.8 Å². The first-order valence-corrected chi connectivity index (χ1v) is 10.6. The van der Waals surface area contributed by atoms with Crippen molar-refractivity contribution in [1.82, 2.24) is 20.0 Å². The predicted molar refractivity (Wildman–Crippen MR) is 117 cm³/mol. The minimum absolute atomic E-state index is 0.495. The van der Waals surface area contributed by atoms with Crippen molar-refractivity contribution in [3.8, 4) is 22.8 Å². The van der Waals surface area contributed by atoms with Gasteiger partial charge in [-0.05, 0) is 42.8 Å². The quantitative estimate of drug-likeness (QED) is 0.709. The zero-order chi connectivity index (χ0) is 20.5. The summed E-state index contributed by atoms with van der Waals surface area (Å²) in [5.41, 5.74) is 6.16. The number of hydrogen-bond donors (Lipinski definition) is 1. The van der Waals surface area contributed by atoms with Crippen molar-refractivity contribution >= 4 is 0 Å². The number of ether oxygens (including phenoxy) is 2. The average molecular weight is 405 g/mol. The molecule has 0 amide bonds. The Labute approximate surface area is 177 Å². The first-order chi connectivity index (χ1) is 14.7. The van der Waals surface area contributed by atoms with E-state index in [1.54, 1.807) is 0 Å². The van der Waals surface area contributed by atoms with Gasteiger partial charge in [-0.1, -0.05) is 24.3 Å². The smallest absolute Gasteiger partial charge is 0.162 e. The predicted octanol–water partition coefficient (Wildman–Crippen LogP) is 3.00. The van der Waals surface area contributed by atoms with Crippen molar-refractivity contribution in [3.63, 3.8) is 0 Å². The molecule has 1 aromatic heterocycles. The van der Waals surface area contributed by atoms with E-state index in [9.17, 15) is 0 Å². The van der Waals surface area contributed by atoms with Gasteiger partial charge in [0, 0.05) is 50.0 Å². The summed E-state index contributed by atoms with van der Waals surface area (Å²) >= 11 is 0. The highest BCUT2D eigenvalue weighted by Crippen LogP contribution is 2.35. The molecule has 0 unspecified atom stereocenters. The molecule has 3 heterocycles. The molecule has 0 saturated heterocycles. The van der Waals surface area contributed by atoms with Gasteiger partial charge in [-0.25, -0.2) is 0 Å². The Morgan fingerprint density at radius 2 is 1.83 bits per heavy atom. The summed E-state index contributed by atoms with van der Waals surface area (Å²) < 4.78 is 13.3. The molecule has 6 heteroatoms. The lowest BCUT2D eigenvalue weighted by molar-refractivity contribution is 0.171. The fraction of sp³-hybridized carbons (Fsp3) is 0.375. The van der Waals surface area contributed by atoms with Crippen LogP contribution in [0.4, 0.5) is 0 Å². The van der Waals surface area contributed by atoms with E-state index in [1.807, 2.05) is 23.9 Å². The molecule has 0 saturated carbocycles. The lowest BCUT2D eigenvalue weighted by atomic mass is 9.94. The summed E-state index contributed by atoms with van der Waals surface area (Å²) in [6.45, 7) is 3.93. The van der Waals surface area contributed by atoms with Crippen LogP contribution in [0.1, 0.15) is 16.7 Å². The highest BCUT2D eigenvalue weighted by Gasteiger charge is 2.23. The van der Waals surface area contributed by atoms with E-state index in [4.69, 9.17) is 14.6 Å². The second-order valence-electron chi connectivity index (χ2n) is 8.21. The fourth-order valence-electron chi connectivity index (χ4n) is 4.42. The van der Waals surface area contributed by atoms with Gasteiger partial charge in [0.25, 0.3) is 0 Å². The van der Waals surface area contributed by atoms with E-state index in [0.717, 1.165) is 48.8 Å². The van der Waals surface area contributed by atoms with Gasteiger partial charge in [0.2, 0.25) is 0 Å². The van der Waals surface area contributed by atoms with E-state index in [1.165, 1.54) is 16.7 Å². The Kier molecular flexibility index (Phi) is 5.19. The SMILES string of the molecule is CN1Cc2ccccc2C[C@H]1CNCc1cn(C)nc1-c1ccc2c(c1)OCCO2. The molecule has 1 N–H and O–H groups in total.